The molecule has 35 heavy (non-hydrogen) atoms. The summed E-state index contributed by atoms with van der Waals surface area (Å²) in [5, 5.41) is 14.7. The molecule has 2 aromatic carbocycles. The minimum Gasteiger partial charge on any atom is -0.485 e. The molecule has 2 heterocycles. The van der Waals surface area contributed by atoms with Gasteiger partial charge in [-0.05, 0) is 24.3 Å². The van der Waals surface area contributed by atoms with E-state index in [1.807, 2.05) is 0 Å². The van der Waals surface area contributed by atoms with Crippen LogP contribution in [-0.4, -0.2) is 44.6 Å². The molecule has 0 saturated heterocycles. The highest BCUT2D eigenvalue weighted by Gasteiger charge is 2.14. The van der Waals surface area contributed by atoms with Gasteiger partial charge in [-0.1, -0.05) is 23.7 Å². The van der Waals surface area contributed by atoms with E-state index < -0.39 is 5.82 Å². The van der Waals surface area contributed by atoms with Gasteiger partial charge < -0.3 is 20.1 Å². The Kier molecular flexibility index (Phi) is 7.68. The molecule has 1 amide bonds. The number of fused-ring (bicyclic) bond motifs is 1. The maximum absolute atomic E-state index is 13.5. The Morgan fingerprint density at radius 2 is 2.09 bits per heavy atom. The molecule has 2 N–H and O–H groups in total. The molecule has 10 nitrogen and oxygen atoms in total. The summed E-state index contributed by atoms with van der Waals surface area (Å²) in [6.07, 6.45) is 3.45. The Morgan fingerprint density at radius 1 is 1.23 bits per heavy atom. The number of benzene rings is 2. The number of nitrogens with one attached hydrogen (secondary N) is 2. The highest BCUT2D eigenvalue weighted by atomic mass is 35.5. The fourth-order valence-electron chi connectivity index (χ4n) is 3.20. The second kappa shape index (κ2) is 11.1. The fraction of sp³-hybridized carbons (Fsp3) is 0.261. The lowest BCUT2D eigenvalue weighted by molar-refractivity contribution is -0.115. The molecule has 0 aliphatic heterocycles. The summed E-state index contributed by atoms with van der Waals surface area (Å²) in [7, 11) is 1.62. The molecule has 0 unspecified atom stereocenters. The molecule has 2 aromatic heterocycles. The van der Waals surface area contributed by atoms with Gasteiger partial charge in [0, 0.05) is 30.7 Å². The number of hydrogen-bond donors (Lipinski definition) is 2. The SMILES string of the molecule is CCC(=O)Nc1cc2c(Nc3ccc(F)c(Cl)c3)ncnc2cc1OCc1cn(CCOC)nn1. The van der Waals surface area contributed by atoms with Crippen molar-refractivity contribution in [2.75, 3.05) is 24.4 Å². The Labute approximate surface area is 205 Å². The lowest BCUT2D eigenvalue weighted by Gasteiger charge is -2.15. The van der Waals surface area contributed by atoms with E-state index in [9.17, 15) is 9.18 Å². The average molecular weight is 500 g/mol. The van der Waals surface area contributed by atoms with Crippen molar-refractivity contribution < 1.29 is 18.7 Å². The van der Waals surface area contributed by atoms with E-state index in [0.29, 0.717) is 52.7 Å². The number of methoxy groups -OCH3 is 1. The van der Waals surface area contributed by atoms with Crippen molar-refractivity contribution in [3.63, 3.8) is 0 Å². The highest BCUT2D eigenvalue weighted by molar-refractivity contribution is 6.31. The molecule has 0 atom stereocenters. The van der Waals surface area contributed by atoms with Gasteiger partial charge >= 0.3 is 0 Å². The summed E-state index contributed by atoms with van der Waals surface area (Å²) in [5.41, 5.74) is 2.19. The Hall–Kier alpha value is -3.83. The fourth-order valence-corrected chi connectivity index (χ4v) is 3.38. The summed E-state index contributed by atoms with van der Waals surface area (Å²) < 4.78 is 26.2. The molecule has 0 radical (unpaired) electrons. The summed E-state index contributed by atoms with van der Waals surface area (Å²) in [6.45, 7) is 2.98. The van der Waals surface area contributed by atoms with Gasteiger partial charge in [0.15, 0.2) is 0 Å². The number of carbonyl (C=O) groups is 1. The maximum Gasteiger partial charge on any atom is 0.224 e. The van der Waals surface area contributed by atoms with Crippen LogP contribution >= 0.6 is 11.6 Å². The number of ether oxygens (including phenoxy) is 2. The van der Waals surface area contributed by atoms with Crippen LogP contribution in [0.1, 0.15) is 19.0 Å². The zero-order valence-corrected chi connectivity index (χ0v) is 19.8. The number of amides is 1. The second-order valence-corrected chi connectivity index (χ2v) is 7.91. The zero-order chi connectivity index (χ0) is 24.8. The first-order valence-electron chi connectivity index (χ1n) is 10.8. The van der Waals surface area contributed by atoms with Crippen molar-refractivity contribution in [3.05, 3.63) is 59.4 Å². The third kappa shape index (κ3) is 6.00. The van der Waals surface area contributed by atoms with Crippen LogP contribution in [0.25, 0.3) is 10.9 Å². The number of halogens is 2. The smallest absolute Gasteiger partial charge is 0.224 e. The van der Waals surface area contributed by atoms with E-state index >= 15 is 0 Å². The number of carbonyl (C=O) groups excluding carboxylic acids is 1. The second-order valence-electron chi connectivity index (χ2n) is 7.50. The Morgan fingerprint density at radius 3 is 2.86 bits per heavy atom. The molecule has 182 valence electrons. The maximum atomic E-state index is 13.5. The molecule has 0 aliphatic carbocycles. The molecule has 0 bridgehead atoms. The average Bonchev–Trinajstić information content (AvgIpc) is 3.31. The number of rotatable bonds is 10. The molecular weight excluding hydrogens is 477 g/mol. The summed E-state index contributed by atoms with van der Waals surface area (Å²) in [4.78, 5) is 20.8. The first kappa shape index (κ1) is 24.3. The Balaban J connectivity index is 1.63. The molecule has 0 spiro atoms. The van der Waals surface area contributed by atoms with Gasteiger partial charge in [-0.2, -0.15) is 0 Å². The Bertz CT molecular complexity index is 1350. The molecule has 4 aromatic rings. The van der Waals surface area contributed by atoms with E-state index in [2.05, 4.69) is 30.9 Å². The third-order valence-corrected chi connectivity index (χ3v) is 5.29. The lowest BCUT2D eigenvalue weighted by atomic mass is 10.1. The van der Waals surface area contributed by atoms with Crippen LogP contribution < -0.4 is 15.4 Å². The number of hydrogen-bond acceptors (Lipinski definition) is 8. The minimum atomic E-state index is -0.519. The van der Waals surface area contributed by atoms with Crippen molar-refractivity contribution in [2.45, 2.75) is 26.5 Å². The van der Waals surface area contributed by atoms with Crippen LogP contribution in [-0.2, 0) is 22.7 Å². The molecule has 0 aliphatic rings. The van der Waals surface area contributed by atoms with Crippen molar-refractivity contribution in [2.24, 2.45) is 0 Å². The predicted octanol–water partition coefficient (Wildman–Crippen LogP) is 4.33. The number of anilines is 3. The standard InChI is InChI=1S/C23H23ClFN7O3/c1-3-22(33)29-20-9-16-19(10-21(20)35-12-15-11-32(31-30-15)6-7-34-2)26-13-27-23(16)28-14-4-5-18(25)17(24)8-14/h4-5,8-11,13H,3,6-7,12H2,1-2H3,(H,29,33)(H,26,27,28). The topological polar surface area (TPSA) is 116 Å². The van der Waals surface area contributed by atoms with Crippen LogP contribution in [0.5, 0.6) is 5.75 Å². The van der Waals surface area contributed by atoms with Crippen LogP contribution in [0.3, 0.4) is 0 Å². The first-order valence-corrected chi connectivity index (χ1v) is 11.2. The van der Waals surface area contributed by atoms with Crippen molar-refractivity contribution in [1.82, 2.24) is 25.0 Å². The number of aromatic nitrogens is 5. The monoisotopic (exact) mass is 499 g/mol. The van der Waals surface area contributed by atoms with Crippen molar-refractivity contribution in [3.8, 4) is 5.75 Å². The van der Waals surface area contributed by atoms with Crippen LogP contribution in [0.15, 0.2) is 42.9 Å². The van der Waals surface area contributed by atoms with Gasteiger partial charge in [0.1, 0.15) is 36.0 Å². The van der Waals surface area contributed by atoms with E-state index in [1.165, 1.54) is 18.5 Å². The highest BCUT2D eigenvalue weighted by Crippen LogP contribution is 2.34. The first-order chi connectivity index (χ1) is 17.0. The van der Waals surface area contributed by atoms with Gasteiger partial charge in [0.05, 0.1) is 35.6 Å². The van der Waals surface area contributed by atoms with Crippen LogP contribution in [0.2, 0.25) is 5.02 Å². The van der Waals surface area contributed by atoms with Crippen LogP contribution in [0.4, 0.5) is 21.6 Å². The summed E-state index contributed by atoms with van der Waals surface area (Å²) in [5.74, 6) is 0.170. The van der Waals surface area contributed by atoms with Gasteiger partial charge in [-0.15, -0.1) is 5.10 Å². The largest absolute Gasteiger partial charge is 0.485 e. The van der Waals surface area contributed by atoms with Gasteiger partial charge in [-0.25, -0.2) is 19.0 Å². The molecule has 12 heteroatoms. The minimum absolute atomic E-state index is 0.0147. The molecular formula is C23H23ClFN7O3. The number of nitrogens with zero attached hydrogens (tertiary/aromatic N) is 5. The third-order valence-electron chi connectivity index (χ3n) is 5.00. The van der Waals surface area contributed by atoms with Crippen LogP contribution in [0, 0.1) is 5.82 Å². The van der Waals surface area contributed by atoms with E-state index in [1.54, 1.807) is 43.1 Å². The van der Waals surface area contributed by atoms with Crippen molar-refractivity contribution >= 4 is 45.6 Å². The molecule has 4 rings (SSSR count). The molecule has 0 saturated carbocycles. The normalized spacial score (nSPS) is 11.0. The van der Waals surface area contributed by atoms with Gasteiger partial charge in [0.2, 0.25) is 5.91 Å². The lowest BCUT2D eigenvalue weighted by Crippen LogP contribution is -2.11. The zero-order valence-electron chi connectivity index (χ0n) is 19.1. The summed E-state index contributed by atoms with van der Waals surface area (Å²) in [6, 6.07) is 7.70. The van der Waals surface area contributed by atoms with Gasteiger partial charge in [-0.3, -0.25) is 4.79 Å². The predicted molar refractivity (Wildman–Crippen MR) is 129 cm³/mol. The van der Waals surface area contributed by atoms with Gasteiger partial charge in [0.25, 0.3) is 0 Å². The van der Waals surface area contributed by atoms with E-state index in [0.717, 1.165) is 0 Å². The van der Waals surface area contributed by atoms with Crippen molar-refractivity contribution in [1.29, 1.82) is 0 Å². The van der Waals surface area contributed by atoms with E-state index in [4.69, 9.17) is 21.1 Å². The quantitative estimate of drug-likeness (QED) is 0.331. The van der Waals surface area contributed by atoms with E-state index in [-0.39, 0.29) is 24.0 Å². The summed E-state index contributed by atoms with van der Waals surface area (Å²) >= 11 is 5.90. The molecule has 0 fully saturated rings.